The second kappa shape index (κ2) is 8.50. The zero-order valence-electron chi connectivity index (χ0n) is 20.5. The molecule has 0 radical (unpaired) electrons. The summed E-state index contributed by atoms with van der Waals surface area (Å²) in [7, 11) is 3.73. The Balaban J connectivity index is 1.43. The molecule has 34 heavy (non-hydrogen) atoms. The number of fused-ring (bicyclic) bond motifs is 2. The van der Waals surface area contributed by atoms with Gasteiger partial charge in [-0.3, -0.25) is 4.79 Å². The van der Waals surface area contributed by atoms with E-state index >= 15 is 0 Å². The van der Waals surface area contributed by atoms with Gasteiger partial charge in [-0.15, -0.1) is 0 Å². The lowest BCUT2D eigenvalue weighted by molar-refractivity contribution is -0.134. The lowest BCUT2D eigenvalue weighted by Crippen LogP contribution is -2.47. The summed E-state index contributed by atoms with van der Waals surface area (Å²) in [5, 5.41) is 8.71. The monoisotopic (exact) mass is 464 g/mol. The Labute approximate surface area is 199 Å². The van der Waals surface area contributed by atoms with Gasteiger partial charge in [0.05, 0.1) is 37.0 Å². The summed E-state index contributed by atoms with van der Waals surface area (Å²) in [5.41, 5.74) is 3.57. The molecule has 1 atom stereocenters. The van der Waals surface area contributed by atoms with Crippen LogP contribution in [-0.2, 0) is 24.3 Å². The largest absolute Gasteiger partial charge is 0.480 e. The maximum absolute atomic E-state index is 12.3. The van der Waals surface area contributed by atoms with Crippen molar-refractivity contribution in [2.45, 2.75) is 64.7 Å². The number of carbonyl (C=O) groups excluding carboxylic acids is 1. The Bertz CT molecular complexity index is 1240. The molecule has 2 aliphatic heterocycles. The summed E-state index contributed by atoms with van der Waals surface area (Å²) in [6, 6.07) is 2.16. The molecule has 3 aromatic rings. The van der Waals surface area contributed by atoms with Crippen LogP contribution in [0.3, 0.4) is 0 Å². The number of amides is 1. The normalized spacial score (nSPS) is 19.9. The molecule has 1 N–H and O–H groups in total. The molecule has 0 bridgehead atoms. The van der Waals surface area contributed by atoms with Gasteiger partial charge in [-0.2, -0.15) is 10.1 Å². The molecular formula is C24H32N8O2. The van der Waals surface area contributed by atoms with Crippen molar-refractivity contribution < 1.29 is 9.53 Å². The number of likely N-dealkylation sites (N-methyl/N-ethyl adjacent to an activating group) is 1. The summed E-state index contributed by atoms with van der Waals surface area (Å²) >= 11 is 0. The Morgan fingerprint density at radius 3 is 2.88 bits per heavy atom. The van der Waals surface area contributed by atoms with E-state index in [1.165, 1.54) is 5.56 Å². The first-order chi connectivity index (χ1) is 16.2. The number of ether oxygens (including phenoxy) is 1. The van der Waals surface area contributed by atoms with E-state index in [9.17, 15) is 4.79 Å². The molecule has 1 fully saturated rings. The first kappa shape index (κ1) is 22.5. The molecule has 5 heterocycles. The van der Waals surface area contributed by atoms with Crippen molar-refractivity contribution in [3.05, 3.63) is 29.7 Å². The van der Waals surface area contributed by atoms with Gasteiger partial charge in [-0.05, 0) is 45.4 Å². The maximum atomic E-state index is 12.3. The van der Waals surface area contributed by atoms with E-state index in [0.29, 0.717) is 18.4 Å². The standard InChI is InChI=1S/C24H32N8O2/c1-15(33)32-18(6-8-24(32,2)3)14-31-21-17(12-26-31)11-25-23(29-21)28-20-10-16-13-30(4)9-7-19(16)27-22(20)34-5/h10-12,18H,6-9,13-14H2,1-5H3,(H,25,28,29)/t18-/m0/s1. The number of hydrogen-bond donors (Lipinski definition) is 1. The van der Waals surface area contributed by atoms with Crippen LogP contribution in [0.1, 0.15) is 44.9 Å². The zero-order chi connectivity index (χ0) is 24.0. The third-order valence-electron chi connectivity index (χ3n) is 6.97. The molecule has 1 amide bonds. The van der Waals surface area contributed by atoms with Gasteiger partial charge >= 0.3 is 0 Å². The molecule has 0 saturated carbocycles. The minimum atomic E-state index is -0.148. The predicted octanol–water partition coefficient (Wildman–Crippen LogP) is 2.75. The van der Waals surface area contributed by atoms with Crippen molar-refractivity contribution in [3.63, 3.8) is 0 Å². The highest BCUT2D eigenvalue weighted by Crippen LogP contribution is 2.35. The van der Waals surface area contributed by atoms with Crippen molar-refractivity contribution in [2.75, 3.05) is 26.0 Å². The van der Waals surface area contributed by atoms with Crippen LogP contribution in [-0.4, -0.2) is 72.7 Å². The van der Waals surface area contributed by atoms with Crippen molar-refractivity contribution in [2.24, 2.45) is 0 Å². The van der Waals surface area contributed by atoms with Crippen molar-refractivity contribution >= 4 is 28.6 Å². The van der Waals surface area contributed by atoms with Gasteiger partial charge in [0.15, 0.2) is 5.65 Å². The molecule has 0 unspecified atom stereocenters. The zero-order valence-corrected chi connectivity index (χ0v) is 20.5. The van der Waals surface area contributed by atoms with Crippen molar-refractivity contribution in [1.29, 1.82) is 0 Å². The quantitative estimate of drug-likeness (QED) is 0.615. The molecule has 180 valence electrons. The third kappa shape index (κ3) is 4.06. The van der Waals surface area contributed by atoms with Crippen LogP contribution in [0.15, 0.2) is 18.5 Å². The molecule has 3 aromatic heterocycles. The summed E-state index contributed by atoms with van der Waals surface area (Å²) < 4.78 is 7.43. The predicted molar refractivity (Wildman–Crippen MR) is 129 cm³/mol. The van der Waals surface area contributed by atoms with Crippen molar-refractivity contribution in [1.82, 2.24) is 34.5 Å². The minimum Gasteiger partial charge on any atom is -0.480 e. The summed E-state index contributed by atoms with van der Waals surface area (Å²) in [6.07, 6.45) is 6.35. The Hall–Kier alpha value is -3.27. The maximum Gasteiger partial charge on any atom is 0.237 e. The van der Waals surface area contributed by atoms with Gasteiger partial charge in [0.25, 0.3) is 0 Å². The number of pyridine rings is 1. The summed E-state index contributed by atoms with van der Waals surface area (Å²) in [4.78, 5) is 30.6. The van der Waals surface area contributed by atoms with Crippen LogP contribution in [0.5, 0.6) is 5.88 Å². The van der Waals surface area contributed by atoms with Crippen LogP contribution in [0.25, 0.3) is 11.0 Å². The molecule has 0 aliphatic carbocycles. The van der Waals surface area contributed by atoms with E-state index in [2.05, 4.69) is 47.3 Å². The lowest BCUT2D eigenvalue weighted by Gasteiger charge is -2.35. The Morgan fingerprint density at radius 2 is 2.12 bits per heavy atom. The van der Waals surface area contributed by atoms with E-state index < -0.39 is 0 Å². The number of nitrogens with one attached hydrogen (secondary N) is 1. The highest BCUT2D eigenvalue weighted by atomic mass is 16.5. The summed E-state index contributed by atoms with van der Waals surface area (Å²) in [6.45, 7) is 8.31. The number of likely N-dealkylation sites (tertiary alicyclic amines) is 1. The SMILES string of the molecule is COc1nc2c(cc1Nc1ncc3cnn(C[C@@H]4CCC(C)(C)N4C(C)=O)c3n1)CN(C)CC2. The van der Waals surface area contributed by atoms with E-state index in [0.717, 1.165) is 54.8 Å². The molecule has 2 aliphatic rings. The minimum absolute atomic E-state index is 0.0869. The van der Waals surface area contributed by atoms with Gasteiger partial charge in [0.2, 0.25) is 17.7 Å². The molecule has 0 aromatic carbocycles. The summed E-state index contributed by atoms with van der Waals surface area (Å²) in [5.74, 6) is 1.08. The van der Waals surface area contributed by atoms with Crippen LogP contribution >= 0.6 is 0 Å². The van der Waals surface area contributed by atoms with Crippen LogP contribution < -0.4 is 10.1 Å². The van der Waals surface area contributed by atoms with Gasteiger partial charge in [-0.1, -0.05) is 0 Å². The van der Waals surface area contributed by atoms with Crippen LogP contribution in [0, 0.1) is 0 Å². The number of aromatic nitrogens is 5. The smallest absolute Gasteiger partial charge is 0.237 e. The van der Waals surface area contributed by atoms with Gasteiger partial charge in [-0.25, -0.2) is 14.6 Å². The number of carbonyl (C=O) groups is 1. The van der Waals surface area contributed by atoms with E-state index in [-0.39, 0.29) is 17.5 Å². The Morgan fingerprint density at radius 1 is 1.29 bits per heavy atom. The molecule has 5 rings (SSSR count). The van der Waals surface area contributed by atoms with Gasteiger partial charge in [0.1, 0.15) is 5.69 Å². The fraction of sp³-hybridized carbons (Fsp3) is 0.542. The first-order valence-corrected chi connectivity index (χ1v) is 11.8. The topological polar surface area (TPSA) is 101 Å². The highest BCUT2D eigenvalue weighted by Gasteiger charge is 2.41. The number of anilines is 2. The van der Waals surface area contributed by atoms with Gasteiger partial charge in [0, 0.05) is 38.2 Å². The molecule has 10 nitrogen and oxygen atoms in total. The second-order valence-electron chi connectivity index (χ2n) is 9.96. The third-order valence-corrected chi connectivity index (χ3v) is 6.97. The number of methoxy groups -OCH3 is 1. The van der Waals surface area contributed by atoms with E-state index in [4.69, 9.17) is 14.7 Å². The molecular weight excluding hydrogens is 432 g/mol. The number of hydrogen-bond acceptors (Lipinski definition) is 8. The average Bonchev–Trinajstić information content (AvgIpc) is 3.32. The van der Waals surface area contributed by atoms with Crippen molar-refractivity contribution in [3.8, 4) is 5.88 Å². The van der Waals surface area contributed by atoms with E-state index in [1.54, 1.807) is 26.4 Å². The molecule has 1 saturated heterocycles. The first-order valence-electron chi connectivity index (χ1n) is 11.8. The highest BCUT2D eigenvalue weighted by molar-refractivity contribution is 5.76. The molecule has 10 heteroatoms. The molecule has 0 spiro atoms. The average molecular weight is 465 g/mol. The van der Waals surface area contributed by atoms with E-state index in [1.807, 2.05) is 9.58 Å². The lowest BCUT2D eigenvalue weighted by atomic mass is 10.0. The fourth-order valence-electron chi connectivity index (χ4n) is 5.34. The number of rotatable bonds is 5. The second-order valence-corrected chi connectivity index (χ2v) is 9.96. The fourth-order valence-corrected chi connectivity index (χ4v) is 5.34. The Kier molecular flexibility index (Phi) is 5.63. The van der Waals surface area contributed by atoms with Crippen LogP contribution in [0.4, 0.5) is 11.6 Å². The van der Waals surface area contributed by atoms with Gasteiger partial charge < -0.3 is 19.9 Å². The number of nitrogens with zero attached hydrogens (tertiary/aromatic N) is 7. The van der Waals surface area contributed by atoms with Crippen LogP contribution in [0.2, 0.25) is 0 Å².